The summed E-state index contributed by atoms with van der Waals surface area (Å²) >= 11 is 0.731. The van der Waals surface area contributed by atoms with Crippen molar-refractivity contribution in [2.24, 2.45) is 23.3 Å². The number of phenols is 1. The minimum Gasteiger partial charge on any atom is -0.508 e. The summed E-state index contributed by atoms with van der Waals surface area (Å²) in [6.07, 6.45) is 3.20. The molecule has 3 aliphatic heterocycles. The number of hydrogen-bond donors (Lipinski definition) is 20. The number of guanidine groups is 1. The lowest BCUT2D eigenvalue weighted by Gasteiger charge is -2.36. The summed E-state index contributed by atoms with van der Waals surface area (Å²) in [4.78, 5) is 269. The van der Waals surface area contributed by atoms with Crippen LogP contribution in [0.15, 0.2) is 97.7 Å². The molecule has 15 amide bonds. The Bertz CT molecular complexity index is 5240. The number of thioether (sulfide) groups is 1. The van der Waals surface area contributed by atoms with Crippen molar-refractivity contribution in [3.8, 4) is 5.75 Å². The Balaban J connectivity index is 1.10. The van der Waals surface area contributed by atoms with Crippen molar-refractivity contribution >= 4 is 140 Å². The van der Waals surface area contributed by atoms with E-state index in [1.54, 1.807) is 74.8 Å². The van der Waals surface area contributed by atoms with Crippen LogP contribution >= 0.6 is 11.8 Å². The second kappa shape index (κ2) is 50.7. The van der Waals surface area contributed by atoms with Gasteiger partial charge in [0.25, 0.3) is 0 Å². The van der Waals surface area contributed by atoms with Gasteiger partial charge in [-0.25, -0.2) is 4.98 Å². The number of hydrogen-bond acceptors (Lipinski definition) is 23. The molecule has 0 aliphatic carbocycles. The van der Waals surface area contributed by atoms with Gasteiger partial charge in [0.2, 0.25) is 88.6 Å². The van der Waals surface area contributed by atoms with Crippen LogP contribution in [-0.2, 0) is 107 Å². The molecule has 0 spiro atoms. The molecule has 3 saturated heterocycles. The molecular weight excluding hydrogens is 1780 g/mol. The highest BCUT2D eigenvalue weighted by molar-refractivity contribution is 8.00. The highest BCUT2D eigenvalue weighted by Crippen LogP contribution is 2.30. The number of fused-ring (bicyclic) bond motifs is 4. The van der Waals surface area contributed by atoms with Gasteiger partial charge in [0.05, 0.1) is 37.3 Å². The molecule has 6 aromatic rings. The number of aromatic amines is 3. The van der Waals surface area contributed by atoms with Crippen LogP contribution in [0.25, 0.3) is 21.8 Å². The number of rotatable bonds is 26. The number of benzene rings is 3. The molecule has 15 atom stereocenters. The number of aliphatic carboxylic acids is 1. The number of aliphatic hydroxyl groups is 2. The molecule has 136 heavy (non-hydrogen) atoms. The summed E-state index contributed by atoms with van der Waals surface area (Å²) < 4.78 is 0. The minimum absolute atomic E-state index is 0.0140. The first-order valence-electron chi connectivity index (χ1n) is 45.7. The zero-order chi connectivity index (χ0) is 99.3. The van der Waals surface area contributed by atoms with Crippen molar-refractivity contribution in [2.75, 3.05) is 65.4 Å². The van der Waals surface area contributed by atoms with Crippen LogP contribution < -0.4 is 64.6 Å². The summed E-state index contributed by atoms with van der Waals surface area (Å²) in [6.45, 7) is 5.84. The molecule has 22 N–H and O–H groups in total. The fraction of sp³-hybridized carbons (Fsp3) is 0.533. The molecular formula is C92H128N22O21S. The normalized spacial score (nSPS) is 24.7. The van der Waals surface area contributed by atoms with E-state index in [0.29, 0.717) is 69.9 Å². The van der Waals surface area contributed by atoms with Crippen LogP contribution in [-0.4, -0.2) is 321 Å². The summed E-state index contributed by atoms with van der Waals surface area (Å²) in [5.74, 6) is -19.8. The monoisotopic (exact) mass is 1910 g/mol. The van der Waals surface area contributed by atoms with Crippen molar-refractivity contribution in [3.63, 3.8) is 0 Å². The molecule has 43 nitrogen and oxygen atoms in total. The van der Waals surface area contributed by atoms with E-state index < -0.39 is 241 Å². The number of imidazole rings is 1. The molecule has 0 saturated carbocycles. The lowest BCUT2D eigenvalue weighted by Crippen LogP contribution is -2.61. The first-order valence-corrected chi connectivity index (χ1v) is 46.9. The van der Waals surface area contributed by atoms with Gasteiger partial charge in [-0.3, -0.25) is 86.9 Å². The largest absolute Gasteiger partial charge is 0.508 e. The molecule has 3 fully saturated rings. The summed E-state index contributed by atoms with van der Waals surface area (Å²) in [6, 6.07) is -0.487. The number of likely N-dealkylation sites (N-methyl/N-ethyl adjacent to an activating group) is 3. The fourth-order valence-corrected chi connectivity index (χ4v) is 17.9. The van der Waals surface area contributed by atoms with Crippen molar-refractivity contribution in [2.45, 2.75) is 235 Å². The number of Topliss-reactive ketones (excluding diaryl/α,β-unsaturated/α-hetero) is 1. The average molecular weight is 1910 g/mol. The zero-order valence-electron chi connectivity index (χ0n) is 77.6. The van der Waals surface area contributed by atoms with Gasteiger partial charge < -0.3 is 125 Å². The lowest BCUT2D eigenvalue weighted by molar-refractivity contribution is -0.149. The maximum atomic E-state index is 15.8. The Hall–Kier alpha value is -13.5. The highest BCUT2D eigenvalue weighted by atomic mass is 32.2. The average Bonchev–Trinajstić information content (AvgIpc) is 1.53. The Kier molecular flexibility index (Phi) is 39.6. The number of nitrogens with zero attached hydrogens (tertiary/aromatic N) is 6. The Morgan fingerprint density at radius 3 is 1.78 bits per heavy atom. The number of amides is 15. The second-order valence-corrected chi connectivity index (χ2v) is 36.2. The van der Waals surface area contributed by atoms with Gasteiger partial charge in [-0.05, 0) is 105 Å². The van der Waals surface area contributed by atoms with Crippen molar-refractivity contribution < 1.29 is 102 Å². The lowest BCUT2D eigenvalue weighted by atomic mass is 9.90. The molecule has 3 aromatic carbocycles. The van der Waals surface area contributed by atoms with E-state index in [2.05, 4.69) is 73.1 Å². The summed E-state index contributed by atoms with van der Waals surface area (Å²) in [5.41, 5.74) is 14.4. The van der Waals surface area contributed by atoms with E-state index in [-0.39, 0.29) is 102 Å². The topological polar surface area (TPSA) is 644 Å². The number of unbranched alkanes of at least 4 members (excludes halogenated alkanes) is 2. The maximum Gasteiger partial charge on any atom is 0.322 e. The van der Waals surface area contributed by atoms with Crippen LogP contribution in [0.5, 0.6) is 5.75 Å². The number of nitrogens with one attached hydrogen (secondary N) is 14. The van der Waals surface area contributed by atoms with E-state index >= 15 is 38.4 Å². The predicted molar refractivity (Wildman–Crippen MR) is 499 cm³/mol. The first kappa shape index (κ1) is 106. The zero-order valence-corrected chi connectivity index (χ0v) is 78.4. The minimum atomic E-state index is -1.86. The summed E-state index contributed by atoms with van der Waals surface area (Å²) in [5, 5.41) is 78.0. The molecule has 44 heteroatoms. The Morgan fingerprint density at radius 2 is 1.16 bits per heavy atom. The van der Waals surface area contributed by atoms with Crippen molar-refractivity contribution in [1.29, 1.82) is 5.41 Å². The van der Waals surface area contributed by atoms with Gasteiger partial charge in [-0.2, -0.15) is 0 Å². The van der Waals surface area contributed by atoms with Gasteiger partial charge >= 0.3 is 5.97 Å². The van der Waals surface area contributed by atoms with Gasteiger partial charge in [0, 0.05) is 131 Å². The molecule has 0 radical (unpaired) electrons. The third-order valence-corrected chi connectivity index (χ3v) is 25.6. The van der Waals surface area contributed by atoms with Gasteiger partial charge in [-0.1, -0.05) is 102 Å². The number of H-pyrrole nitrogens is 3. The van der Waals surface area contributed by atoms with Crippen LogP contribution in [0.2, 0.25) is 0 Å². The maximum absolute atomic E-state index is 15.8. The van der Waals surface area contributed by atoms with E-state index in [9.17, 15) is 63.6 Å². The molecule has 3 aliphatic rings. The number of aromatic hydroxyl groups is 1. The third kappa shape index (κ3) is 29.5. The predicted octanol–water partition coefficient (Wildman–Crippen LogP) is -1.24. The smallest absolute Gasteiger partial charge is 0.322 e. The van der Waals surface area contributed by atoms with Gasteiger partial charge in [0.1, 0.15) is 84.8 Å². The van der Waals surface area contributed by atoms with E-state index in [4.69, 9.17) is 16.9 Å². The number of carbonyl (C=O) groups excluding carboxylic acids is 16. The standard InChI is InChI=1S/C92H128N22O21S/c1-9-11-24-71-85(129)103-63(23-17-31-97-92(94)95)82(126)109-70(81(125)100-44-78(121)122)47-136-48-77(120)102-66(34-52-27-29-57(116)30-28-52)87(131)110(6)51(5)79(123)105-68(40-76(93)119)89(133)113-32-18-26-72(113)86(130)104-64(38-56-43-96-49-101-56)83(127)106-65(33-50(3)4)90(134)114-45-58(117)39-74(114)75(118)37-53(35-54-41-98-61-21-15-13-19-59(54)61)80(124)108-69(46-115)84(128)107-67(36-55-42-99-62-22-16-14-20-60(55)62)88(132)112(8)73(25-12-10-2)91(135)111(71)7/h13-16,19-22,27-30,41-43,49-51,53,58,63-74,98-99,115-117H,9-12,17-18,23-26,31-40,44-48H2,1-8H3,(H2,93,119)(H,96,101)(H,100,125)(H,102,120)(H,103,129)(H,104,130)(H,105,123)(H,106,127)(H,107,128)(H,108,124)(H,109,126)(H,121,122)(H4,94,95,97)/t51-,53+,58+,63-,64-,65-,66-,67-,68-,69-,70-,71-,72-,73-,74-/m0/s1. The molecule has 738 valence electrons. The van der Waals surface area contributed by atoms with E-state index in [0.717, 1.165) is 36.3 Å². The SMILES string of the molecule is CCCC[C@H]1C(=O)N(C)[C@@H](CCCC)C(=O)N[C@@H](CCCNC(=N)N)C(=O)N[C@H](C(=O)NCC(=O)O)CSCC(=O)N[C@@H](Cc2ccc(O)cc2)C(=O)N(C)[C@@H](C)C(=O)N[C@@H](CC(N)=O)C(=O)N2CCC[C@H]2C(=O)N[C@@H](Cc2cnc[nH]2)C(=O)N[C@@H](CC(C)C)C(=O)N2C[C@H](O)C[C@H]2C(=O)C[C@@H](Cc2c[nH]c3ccccc23)C(=O)N[C@@H](CO)C(=O)N[C@@H](Cc2c[nH]c3ccccc23)C(=O)N1C. The number of phenolic OH excluding ortho intramolecular Hbond substituents is 1. The number of aromatic nitrogens is 4. The number of para-hydroxylation sites is 2. The van der Waals surface area contributed by atoms with Crippen LogP contribution in [0.4, 0.5) is 0 Å². The number of nitrogens with two attached hydrogens (primary N) is 2. The van der Waals surface area contributed by atoms with E-state index in [1.165, 1.54) is 64.9 Å². The van der Waals surface area contributed by atoms with Crippen molar-refractivity contribution in [3.05, 3.63) is 120 Å². The number of ketones is 1. The number of aliphatic hydroxyl groups excluding tert-OH is 2. The Labute approximate surface area is 790 Å². The summed E-state index contributed by atoms with van der Waals surface area (Å²) in [7, 11) is 3.89. The van der Waals surface area contributed by atoms with Crippen LogP contribution in [0.1, 0.15) is 147 Å². The first-order chi connectivity index (χ1) is 64.8. The van der Waals surface area contributed by atoms with Crippen LogP contribution in [0, 0.1) is 17.2 Å². The molecule has 6 heterocycles. The highest BCUT2D eigenvalue weighted by Gasteiger charge is 2.47. The number of carboxylic acids is 1. The van der Waals surface area contributed by atoms with Gasteiger partial charge in [0.15, 0.2) is 11.7 Å². The number of primary amides is 1. The molecule has 9 rings (SSSR count). The number of carboxylic acid groups (broad SMARTS) is 1. The molecule has 0 unspecified atom stereocenters. The quantitative estimate of drug-likeness (QED) is 0.0172. The fourth-order valence-electron chi connectivity index (χ4n) is 17.1. The van der Waals surface area contributed by atoms with Crippen LogP contribution in [0.3, 0.4) is 0 Å². The molecule has 3 aromatic heterocycles. The van der Waals surface area contributed by atoms with Gasteiger partial charge in [-0.15, -0.1) is 11.8 Å². The third-order valence-electron chi connectivity index (χ3n) is 24.6. The van der Waals surface area contributed by atoms with E-state index in [1.807, 2.05) is 13.8 Å². The van der Waals surface area contributed by atoms with Crippen molar-refractivity contribution in [1.82, 2.24) is 97.6 Å². The molecule has 0 bridgehead atoms. The number of carbonyl (C=O) groups is 17. The second-order valence-electron chi connectivity index (χ2n) is 35.2. The Morgan fingerprint density at radius 1 is 0.588 bits per heavy atom.